The van der Waals surface area contributed by atoms with Crippen LogP contribution in [0.25, 0.3) is 0 Å². The van der Waals surface area contributed by atoms with Gasteiger partial charge in [0, 0.05) is 30.6 Å². The van der Waals surface area contributed by atoms with Gasteiger partial charge in [0.05, 0.1) is 13.4 Å². The molecule has 0 aliphatic carbocycles. The first kappa shape index (κ1) is 17.1. The summed E-state index contributed by atoms with van der Waals surface area (Å²) in [5, 5.41) is 3.31. The number of fused-ring (bicyclic) bond motifs is 1. The fourth-order valence-corrected chi connectivity index (χ4v) is 3.04. The van der Waals surface area contributed by atoms with Gasteiger partial charge in [-0.3, -0.25) is 0 Å². The van der Waals surface area contributed by atoms with Crippen molar-refractivity contribution in [2.45, 2.75) is 32.4 Å². The standard InChI is InChI=1S/C15H24N2O4S/c1-11-7-12-8-14(20-2)9-13(15(12)21-11)10-16-5-4-6-17-22(3,18)19/h8-9,11,16-17H,4-7,10H2,1-3H3. The minimum atomic E-state index is -3.10. The molecule has 0 aromatic heterocycles. The monoisotopic (exact) mass is 328 g/mol. The molecule has 0 spiro atoms. The number of methoxy groups -OCH3 is 1. The molecule has 2 rings (SSSR count). The van der Waals surface area contributed by atoms with Crippen LogP contribution < -0.4 is 19.5 Å². The third-order valence-corrected chi connectivity index (χ3v) is 4.22. The number of nitrogens with one attached hydrogen (secondary N) is 2. The zero-order valence-electron chi connectivity index (χ0n) is 13.3. The molecular formula is C15H24N2O4S. The van der Waals surface area contributed by atoms with Gasteiger partial charge in [0.2, 0.25) is 10.0 Å². The lowest BCUT2D eigenvalue weighted by Crippen LogP contribution is -2.26. The summed E-state index contributed by atoms with van der Waals surface area (Å²) < 4.78 is 35.6. The molecule has 7 heteroatoms. The van der Waals surface area contributed by atoms with Gasteiger partial charge < -0.3 is 14.8 Å². The summed E-state index contributed by atoms with van der Waals surface area (Å²) in [6.45, 7) is 3.89. The van der Waals surface area contributed by atoms with Gasteiger partial charge in [-0.2, -0.15) is 0 Å². The van der Waals surface area contributed by atoms with Crippen molar-refractivity contribution in [3.05, 3.63) is 23.3 Å². The van der Waals surface area contributed by atoms with Gasteiger partial charge in [-0.15, -0.1) is 0 Å². The van der Waals surface area contributed by atoms with Crippen molar-refractivity contribution in [3.8, 4) is 11.5 Å². The van der Waals surface area contributed by atoms with Crippen LogP contribution in [0.1, 0.15) is 24.5 Å². The van der Waals surface area contributed by atoms with Crippen LogP contribution in [-0.4, -0.2) is 41.0 Å². The largest absolute Gasteiger partial charge is 0.497 e. The van der Waals surface area contributed by atoms with E-state index in [1.165, 1.54) is 11.8 Å². The SMILES string of the molecule is COc1cc(CNCCCNS(C)(=O)=O)c2c(c1)CC(C)O2. The third kappa shape index (κ3) is 4.86. The summed E-state index contributed by atoms with van der Waals surface area (Å²) in [7, 11) is -1.44. The van der Waals surface area contributed by atoms with E-state index in [0.29, 0.717) is 13.1 Å². The van der Waals surface area contributed by atoms with Gasteiger partial charge in [0.1, 0.15) is 17.6 Å². The molecule has 0 saturated heterocycles. The number of hydrogen-bond donors (Lipinski definition) is 2. The van der Waals surface area contributed by atoms with Crippen molar-refractivity contribution in [3.63, 3.8) is 0 Å². The molecule has 1 heterocycles. The second-order valence-corrected chi connectivity index (χ2v) is 7.44. The van der Waals surface area contributed by atoms with Gasteiger partial charge in [-0.05, 0) is 32.0 Å². The Labute approximate surface area is 132 Å². The van der Waals surface area contributed by atoms with E-state index < -0.39 is 10.0 Å². The summed E-state index contributed by atoms with van der Waals surface area (Å²) in [6.07, 6.45) is 2.99. The Morgan fingerprint density at radius 3 is 2.82 bits per heavy atom. The highest BCUT2D eigenvalue weighted by Crippen LogP contribution is 2.36. The number of benzene rings is 1. The molecule has 0 saturated carbocycles. The number of ether oxygens (including phenoxy) is 2. The Kier molecular flexibility index (Phi) is 5.66. The maximum Gasteiger partial charge on any atom is 0.208 e. The highest BCUT2D eigenvalue weighted by atomic mass is 32.2. The molecule has 1 unspecified atom stereocenters. The molecule has 1 aromatic rings. The van der Waals surface area contributed by atoms with E-state index in [1.807, 2.05) is 12.1 Å². The lowest BCUT2D eigenvalue weighted by Gasteiger charge is -2.12. The minimum Gasteiger partial charge on any atom is -0.497 e. The molecule has 0 amide bonds. The Bertz CT molecular complexity index is 616. The van der Waals surface area contributed by atoms with E-state index in [1.54, 1.807) is 7.11 Å². The maximum atomic E-state index is 11.0. The van der Waals surface area contributed by atoms with Gasteiger partial charge in [0.15, 0.2) is 0 Å². The average molecular weight is 328 g/mol. The van der Waals surface area contributed by atoms with Gasteiger partial charge in [0.25, 0.3) is 0 Å². The van der Waals surface area contributed by atoms with Crippen molar-refractivity contribution in [2.75, 3.05) is 26.5 Å². The lowest BCUT2D eigenvalue weighted by atomic mass is 10.1. The van der Waals surface area contributed by atoms with E-state index in [9.17, 15) is 8.42 Å². The molecule has 2 N–H and O–H groups in total. The van der Waals surface area contributed by atoms with Crippen molar-refractivity contribution >= 4 is 10.0 Å². The van der Waals surface area contributed by atoms with Crippen LogP contribution in [-0.2, 0) is 23.0 Å². The van der Waals surface area contributed by atoms with Crippen LogP contribution in [0.15, 0.2) is 12.1 Å². The van der Waals surface area contributed by atoms with Crippen molar-refractivity contribution in [1.82, 2.24) is 10.0 Å². The first-order chi connectivity index (χ1) is 10.4. The van der Waals surface area contributed by atoms with Crippen molar-refractivity contribution < 1.29 is 17.9 Å². The Morgan fingerprint density at radius 2 is 2.14 bits per heavy atom. The lowest BCUT2D eigenvalue weighted by molar-refractivity contribution is 0.252. The summed E-state index contributed by atoms with van der Waals surface area (Å²) in [4.78, 5) is 0. The second-order valence-electron chi connectivity index (χ2n) is 5.60. The van der Waals surface area contributed by atoms with E-state index in [0.717, 1.165) is 36.4 Å². The topological polar surface area (TPSA) is 76.7 Å². The molecule has 22 heavy (non-hydrogen) atoms. The van der Waals surface area contributed by atoms with E-state index >= 15 is 0 Å². The fourth-order valence-electron chi connectivity index (χ4n) is 2.52. The molecule has 0 bridgehead atoms. The van der Waals surface area contributed by atoms with Crippen LogP contribution >= 0.6 is 0 Å². The highest BCUT2D eigenvalue weighted by molar-refractivity contribution is 7.88. The first-order valence-electron chi connectivity index (χ1n) is 7.41. The Balaban J connectivity index is 1.87. The smallest absolute Gasteiger partial charge is 0.208 e. The minimum absolute atomic E-state index is 0.194. The fraction of sp³-hybridized carbons (Fsp3) is 0.600. The van der Waals surface area contributed by atoms with Crippen LogP contribution in [0.3, 0.4) is 0 Å². The number of hydrogen-bond acceptors (Lipinski definition) is 5. The maximum absolute atomic E-state index is 11.0. The molecular weight excluding hydrogens is 304 g/mol. The van der Waals surface area contributed by atoms with Gasteiger partial charge in [-0.25, -0.2) is 13.1 Å². The van der Waals surface area contributed by atoms with Crippen molar-refractivity contribution in [1.29, 1.82) is 0 Å². The third-order valence-electron chi connectivity index (χ3n) is 3.49. The first-order valence-corrected chi connectivity index (χ1v) is 9.30. The summed E-state index contributed by atoms with van der Waals surface area (Å²) in [5.41, 5.74) is 2.26. The van der Waals surface area contributed by atoms with E-state index in [4.69, 9.17) is 9.47 Å². The zero-order chi connectivity index (χ0) is 16.2. The van der Waals surface area contributed by atoms with E-state index in [2.05, 4.69) is 17.0 Å². The van der Waals surface area contributed by atoms with Gasteiger partial charge in [-0.1, -0.05) is 0 Å². The van der Waals surface area contributed by atoms with E-state index in [-0.39, 0.29) is 6.10 Å². The zero-order valence-corrected chi connectivity index (χ0v) is 14.1. The van der Waals surface area contributed by atoms with Crippen LogP contribution in [0.5, 0.6) is 11.5 Å². The predicted molar refractivity (Wildman–Crippen MR) is 86.0 cm³/mol. The normalized spacial score (nSPS) is 17.1. The molecule has 0 fully saturated rings. The quantitative estimate of drug-likeness (QED) is 0.698. The van der Waals surface area contributed by atoms with Gasteiger partial charge >= 0.3 is 0 Å². The number of sulfonamides is 1. The molecule has 1 aliphatic heterocycles. The molecule has 1 aromatic carbocycles. The molecule has 1 atom stereocenters. The molecule has 124 valence electrons. The Morgan fingerprint density at radius 1 is 1.36 bits per heavy atom. The van der Waals surface area contributed by atoms with Crippen LogP contribution in [0.4, 0.5) is 0 Å². The molecule has 0 radical (unpaired) electrons. The van der Waals surface area contributed by atoms with Crippen LogP contribution in [0, 0.1) is 0 Å². The van der Waals surface area contributed by atoms with Crippen LogP contribution in [0.2, 0.25) is 0 Å². The predicted octanol–water partition coefficient (Wildman–Crippen LogP) is 1.05. The van der Waals surface area contributed by atoms with Crippen molar-refractivity contribution in [2.24, 2.45) is 0 Å². The summed E-state index contributed by atoms with van der Waals surface area (Å²) >= 11 is 0. The molecule has 1 aliphatic rings. The highest BCUT2D eigenvalue weighted by Gasteiger charge is 2.23. The summed E-state index contributed by atoms with van der Waals surface area (Å²) in [5.74, 6) is 1.79. The summed E-state index contributed by atoms with van der Waals surface area (Å²) in [6, 6.07) is 4.01. The molecule has 6 nitrogen and oxygen atoms in total. The Hall–Kier alpha value is -1.31. The number of rotatable bonds is 8. The average Bonchev–Trinajstić information content (AvgIpc) is 2.81. The second kappa shape index (κ2) is 7.30.